The van der Waals surface area contributed by atoms with Crippen molar-refractivity contribution >= 4 is 58.3 Å². The van der Waals surface area contributed by atoms with Gasteiger partial charge in [0.25, 0.3) is 11.8 Å². The fourth-order valence-corrected chi connectivity index (χ4v) is 7.27. The molecule has 51 heavy (non-hydrogen) atoms. The number of hydrogen-bond donors (Lipinski definition) is 3. The Hall–Kier alpha value is -3.12. The molecule has 2 amide bonds. The lowest BCUT2D eigenvalue weighted by molar-refractivity contribution is -0.154. The number of carbonyl (C=O) groups excluding carboxylic acids is 2. The van der Waals surface area contributed by atoms with Crippen molar-refractivity contribution in [3.63, 3.8) is 0 Å². The van der Waals surface area contributed by atoms with Gasteiger partial charge in [-0.25, -0.2) is 17.6 Å². The summed E-state index contributed by atoms with van der Waals surface area (Å²) in [5, 5.41) is 16.6. The van der Waals surface area contributed by atoms with Crippen molar-refractivity contribution in [1.29, 1.82) is 0 Å². The van der Waals surface area contributed by atoms with E-state index in [0.29, 0.717) is 5.03 Å². The lowest BCUT2D eigenvalue weighted by atomic mass is 9.73. The van der Waals surface area contributed by atoms with Crippen LogP contribution in [-0.4, -0.2) is 58.8 Å². The minimum atomic E-state index is -3.24. The third-order valence-electron chi connectivity index (χ3n) is 9.04. The maximum absolute atomic E-state index is 15.0. The highest BCUT2D eigenvalue weighted by Gasteiger charge is 2.74. The van der Waals surface area contributed by atoms with Gasteiger partial charge in [0.2, 0.25) is 11.8 Å². The van der Waals surface area contributed by atoms with Gasteiger partial charge in [-0.05, 0) is 42.5 Å². The number of halogens is 7. The molecule has 3 aliphatic heterocycles. The van der Waals surface area contributed by atoms with Crippen molar-refractivity contribution in [3.8, 4) is 0 Å². The number of benzene rings is 2. The van der Waals surface area contributed by atoms with E-state index in [4.69, 9.17) is 34.8 Å². The lowest BCUT2D eigenvalue weighted by Crippen LogP contribution is -2.54. The number of alkyl halides is 4. The van der Waals surface area contributed by atoms with E-state index in [-0.39, 0.29) is 33.3 Å². The van der Waals surface area contributed by atoms with E-state index >= 15 is 0 Å². The maximum Gasteiger partial charge on any atom is 0.310 e. The molecule has 2 aromatic rings. The predicted molar refractivity (Wildman–Crippen MR) is 194 cm³/mol. The summed E-state index contributed by atoms with van der Waals surface area (Å²) in [6.45, 7) is 17.8. The first-order chi connectivity index (χ1) is 23.2. The Balaban J connectivity index is 0.000000619. The van der Waals surface area contributed by atoms with Crippen LogP contribution in [0.1, 0.15) is 71.6 Å². The SMILES string of the molecule is C=CC(=C)Cl.CC(C)(C)c1cccc(C(C)(C)CNC(=O)C2C3CC(F)(F)CN3C3(C(=O)Nc4c(Cl)cc(Cl)cc43)C2C(=O)O)c1.CC(C)(F)F. The molecule has 3 N–H and O–H groups in total. The van der Waals surface area contributed by atoms with E-state index in [1.165, 1.54) is 23.1 Å². The minimum Gasteiger partial charge on any atom is -0.481 e. The summed E-state index contributed by atoms with van der Waals surface area (Å²) < 4.78 is 52.0. The van der Waals surface area contributed by atoms with Crippen molar-refractivity contribution in [2.24, 2.45) is 11.8 Å². The van der Waals surface area contributed by atoms with Crippen molar-refractivity contribution in [2.45, 2.75) is 89.1 Å². The highest BCUT2D eigenvalue weighted by Crippen LogP contribution is 2.61. The van der Waals surface area contributed by atoms with Crippen LogP contribution in [0.2, 0.25) is 10.0 Å². The van der Waals surface area contributed by atoms with Gasteiger partial charge in [0, 0.05) is 40.0 Å². The molecule has 2 fully saturated rings. The van der Waals surface area contributed by atoms with Gasteiger partial charge in [0.15, 0.2) is 0 Å². The summed E-state index contributed by atoms with van der Waals surface area (Å²) in [6.07, 6.45) is 0.728. The fraction of sp³-hybridized carbons (Fsp3) is 0.486. The first-order valence-corrected chi connectivity index (χ1v) is 17.2. The number of carboxylic acid groups (broad SMARTS) is 1. The first kappa shape index (κ1) is 42.3. The molecule has 2 saturated heterocycles. The van der Waals surface area contributed by atoms with E-state index in [2.05, 4.69) is 50.6 Å². The monoisotopic (exact) mass is 775 g/mol. The average molecular weight is 777 g/mol. The van der Waals surface area contributed by atoms with Crippen LogP contribution in [0.5, 0.6) is 0 Å². The molecule has 1 spiro atoms. The normalized spacial score (nSPS) is 23.6. The zero-order chi connectivity index (χ0) is 39.1. The fourth-order valence-electron chi connectivity index (χ4n) is 6.73. The summed E-state index contributed by atoms with van der Waals surface area (Å²) in [5.41, 5.74) is -0.464. The second kappa shape index (κ2) is 15.1. The van der Waals surface area contributed by atoms with E-state index in [0.717, 1.165) is 25.0 Å². The smallest absolute Gasteiger partial charge is 0.310 e. The average Bonchev–Trinajstić information content (AvgIpc) is 3.56. The first-order valence-electron chi connectivity index (χ1n) is 16.1. The molecule has 0 radical (unpaired) electrons. The molecule has 5 rings (SSSR count). The van der Waals surface area contributed by atoms with Gasteiger partial charge in [-0.1, -0.05) is 113 Å². The van der Waals surface area contributed by atoms with Crippen LogP contribution in [0.3, 0.4) is 0 Å². The molecule has 0 saturated carbocycles. The quantitative estimate of drug-likeness (QED) is 0.201. The van der Waals surface area contributed by atoms with Gasteiger partial charge in [0.1, 0.15) is 11.5 Å². The van der Waals surface area contributed by atoms with Crippen LogP contribution in [-0.2, 0) is 30.8 Å². The molecule has 4 unspecified atom stereocenters. The topological polar surface area (TPSA) is 98.7 Å². The summed E-state index contributed by atoms with van der Waals surface area (Å²) in [7, 11) is 0. The van der Waals surface area contributed by atoms with E-state index in [1.54, 1.807) is 0 Å². The zero-order valence-electron chi connectivity index (χ0n) is 29.6. The largest absolute Gasteiger partial charge is 0.481 e. The Morgan fingerprint density at radius 1 is 1.08 bits per heavy atom. The van der Waals surface area contributed by atoms with E-state index in [9.17, 15) is 37.1 Å². The summed E-state index contributed by atoms with van der Waals surface area (Å²) >= 11 is 17.7. The molecule has 0 aliphatic carbocycles. The molecular formula is C37H44Cl3F4N3O4. The number of aliphatic carboxylic acids is 1. The van der Waals surface area contributed by atoms with Crippen molar-refractivity contribution in [3.05, 3.63) is 87.4 Å². The Morgan fingerprint density at radius 3 is 2.14 bits per heavy atom. The second-order valence-electron chi connectivity index (χ2n) is 15.0. The second-order valence-corrected chi connectivity index (χ2v) is 16.4. The molecule has 2 aromatic carbocycles. The molecule has 7 nitrogen and oxygen atoms in total. The number of rotatable bonds is 6. The van der Waals surface area contributed by atoms with E-state index in [1.807, 2.05) is 32.0 Å². The van der Waals surface area contributed by atoms with Crippen molar-refractivity contribution in [2.75, 3.05) is 18.4 Å². The number of carboxylic acids is 1. The molecule has 14 heteroatoms. The van der Waals surface area contributed by atoms with Crippen LogP contribution in [0, 0.1) is 11.8 Å². The summed E-state index contributed by atoms with van der Waals surface area (Å²) in [4.78, 5) is 41.6. The molecule has 4 atom stereocenters. The third kappa shape index (κ3) is 9.28. The van der Waals surface area contributed by atoms with Gasteiger partial charge in [-0.3, -0.25) is 19.3 Å². The highest BCUT2D eigenvalue weighted by atomic mass is 35.5. The van der Waals surface area contributed by atoms with Crippen molar-refractivity contribution < 1.29 is 37.1 Å². The van der Waals surface area contributed by atoms with Crippen LogP contribution in [0.15, 0.2) is 60.7 Å². The zero-order valence-corrected chi connectivity index (χ0v) is 31.8. The Morgan fingerprint density at radius 2 is 1.63 bits per heavy atom. The predicted octanol–water partition coefficient (Wildman–Crippen LogP) is 9.16. The third-order valence-corrected chi connectivity index (χ3v) is 9.71. The summed E-state index contributed by atoms with van der Waals surface area (Å²) in [6, 6.07) is 9.56. The molecule has 0 aromatic heterocycles. The van der Waals surface area contributed by atoms with Crippen LogP contribution >= 0.6 is 34.8 Å². The Labute approximate surface area is 311 Å². The molecule has 0 bridgehead atoms. The molecule has 280 valence electrons. The van der Waals surface area contributed by atoms with Gasteiger partial charge in [-0.2, -0.15) is 0 Å². The number of fused-ring (bicyclic) bond motifs is 4. The Kier molecular flexibility index (Phi) is 12.5. The Bertz CT molecular complexity index is 1700. The van der Waals surface area contributed by atoms with Crippen LogP contribution in [0.4, 0.5) is 23.2 Å². The number of nitrogens with one attached hydrogen (secondary N) is 2. The van der Waals surface area contributed by atoms with Gasteiger partial charge in [0.05, 0.1) is 23.2 Å². The van der Waals surface area contributed by atoms with Crippen LogP contribution < -0.4 is 10.6 Å². The number of nitrogens with zero attached hydrogens (tertiary/aromatic N) is 1. The van der Waals surface area contributed by atoms with Gasteiger partial charge < -0.3 is 15.7 Å². The number of carbonyl (C=O) groups is 3. The maximum atomic E-state index is 15.0. The van der Waals surface area contributed by atoms with Crippen molar-refractivity contribution in [1.82, 2.24) is 10.2 Å². The molecular weight excluding hydrogens is 733 g/mol. The van der Waals surface area contributed by atoms with Crippen LogP contribution in [0.25, 0.3) is 0 Å². The number of hydrogen-bond acceptors (Lipinski definition) is 4. The number of anilines is 1. The highest BCUT2D eigenvalue weighted by molar-refractivity contribution is 6.38. The minimum absolute atomic E-state index is 0.0523. The molecule has 3 heterocycles. The number of amides is 2. The van der Waals surface area contributed by atoms with Gasteiger partial charge >= 0.3 is 5.97 Å². The summed E-state index contributed by atoms with van der Waals surface area (Å²) in [5.74, 6) is -11.8. The standard InChI is InChI=1S/C30H33Cl2F2N3O4.C4H5Cl.C3H6F2/c1-27(2,3)15-7-6-8-16(9-15)28(4,5)13-35-24(38)21-20-12-29(33,34)14-37(20)30(22(21)25(39)40)18-10-17(31)11-19(32)23(18)36-26(30)41;1-3-4(2)5;1-3(2,4)5/h6-11,20-22H,12-14H2,1-5H3,(H,35,38)(H,36,41)(H,39,40);3H,1-2H2;1-2H3. The number of allylic oxidation sites excluding steroid dienone is 2. The lowest BCUT2D eigenvalue weighted by Gasteiger charge is -2.35. The van der Waals surface area contributed by atoms with Gasteiger partial charge in [-0.15, -0.1) is 0 Å². The molecule has 3 aliphatic rings. The van der Waals surface area contributed by atoms with E-state index < -0.39 is 71.4 Å².